The molecule has 0 radical (unpaired) electrons. The number of benzene rings is 1. The average Bonchev–Trinajstić information content (AvgIpc) is 2.78. The van der Waals surface area contributed by atoms with Gasteiger partial charge in [0, 0.05) is 27.2 Å². The fourth-order valence-electron chi connectivity index (χ4n) is 2.70. The van der Waals surface area contributed by atoms with E-state index in [0.717, 1.165) is 16.2 Å². The van der Waals surface area contributed by atoms with E-state index in [4.69, 9.17) is 4.74 Å². The smallest absolute Gasteiger partial charge is 0.326 e. The van der Waals surface area contributed by atoms with Crippen molar-refractivity contribution in [2.45, 2.75) is 25.9 Å². The lowest BCUT2D eigenvalue weighted by atomic mass is 10.1. The number of nitrogens with zero attached hydrogens (tertiary/aromatic N) is 3. The predicted octanol–water partition coefficient (Wildman–Crippen LogP) is 1.33. The van der Waals surface area contributed by atoms with Crippen LogP contribution in [0.4, 0.5) is 4.79 Å². The highest BCUT2D eigenvalue weighted by Gasteiger charge is 2.42. The quantitative estimate of drug-likeness (QED) is 0.736. The van der Waals surface area contributed by atoms with Crippen LogP contribution in [-0.4, -0.2) is 66.3 Å². The highest BCUT2D eigenvalue weighted by molar-refractivity contribution is 6.05. The summed E-state index contributed by atoms with van der Waals surface area (Å²) >= 11 is 0. The van der Waals surface area contributed by atoms with Gasteiger partial charge in [0.25, 0.3) is 5.91 Å². The first kappa shape index (κ1) is 17.8. The fraction of sp³-hybridized carbons (Fsp3) is 0.471. The Morgan fingerprint density at radius 2 is 1.83 bits per heavy atom. The summed E-state index contributed by atoms with van der Waals surface area (Å²) in [5, 5.41) is 0. The number of hydrogen-bond donors (Lipinski definition) is 0. The zero-order chi connectivity index (χ0) is 17.9. The van der Waals surface area contributed by atoms with Crippen molar-refractivity contribution in [3.63, 3.8) is 0 Å². The van der Waals surface area contributed by atoms with E-state index in [1.165, 1.54) is 11.9 Å². The van der Waals surface area contributed by atoms with Crippen LogP contribution in [-0.2, 0) is 16.1 Å². The van der Waals surface area contributed by atoms with Gasteiger partial charge < -0.3 is 14.5 Å². The van der Waals surface area contributed by atoms with Gasteiger partial charge in [0.1, 0.15) is 11.8 Å². The molecule has 1 aliphatic heterocycles. The Bertz CT molecular complexity index is 629. The maximum absolute atomic E-state index is 12.6. The van der Waals surface area contributed by atoms with E-state index in [1.54, 1.807) is 19.1 Å². The van der Waals surface area contributed by atoms with Gasteiger partial charge in [0.2, 0.25) is 5.91 Å². The van der Waals surface area contributed by atoms with Gasteiger partial charge in [-0.1, -0.05) is 12.1 Å². The molecule has 0 aliphatic carbocycles. The van der Waals surface area contributed by atoms with Crippen molar-refractivity contribution in [3.05, 3.63) is 29.8 Å². The molecule has 130 valence electrons. The topological polar surface area (TPSA) is 70.2 Å². The zero-order valence-electron chi connectivity index (χ0n) is 14.5. The summed E-state index contributed by atoms with van der Waals surface area (Å²) in [6.45, 7) is 2.87. The Labute approximate surface area is 141 Å². The summed E-state index contributed by atoms with van der Waals surface area (Å²) in [7, 11) is 4.58. The number of carbonyl (C=O) groups excluding carboxylic acids is 3. The normalized spacial score (nSPS) is 17.4. The average molecular weight is 333 g/mol. The molecule has 2 rings (SSSR count). The first-order valence-electron chi connectivity index (χ1n) is 7.84. The van der Waals surface area contributed by atoms with Gasteiger partial charge in [0.15, 0.2) is 0 Å². The van der Waals surface area contributed by atoms with Crippen LogP contribution in [0.25, 0.3) is 0 Å². The Hall–Kier alpha value is -2.57. The van der Waals surface area contributed by atoms with Crippen LogP contribution in [0.3, 0.4) is 0 Å². The largest absolute Gasteiger partial charge is 0.497 e. The van der Waals surface area contributed by atoms with Gasteiger partial charge in [-0.15, -0.1) is 0 Å². The molecule has 24 heavy (non-hydrogen) atoms. The third kappa shape index (κ3) is 3.50. The van der Waals surface area contributed by atoms with Gasteiger partial charge in [0.05, 0.1) is 13.5 Å². The lowest BCUT2D eigenvalue weighted by Crippen LogP contribution is -2.39. The number of carbonyl (C=O) groups is 3. The molecule has 1 aromatic carbocycles. The maximum atomic E-state index is 12.6. The minimum absolute atomic E-state index is 0.00456. The second-order valence-electron chi connectivity index (χ2n) is 5.77. The second kappa shape index (κ2) is 7.33. The summed E-state index contributed by atoms with van der Waals surface area (Å²) in [5.41, 5.74) is 0.977. The third-order valence-corrected chi connectivity index (χ3v) is 4.31. The number of hydrogen-bond acceptors (Lipinski definition) is 4. The van der Waals surface area contributed by atoms with E-state index in [1.807, 2.05) is 31.2 Å². The molecule has 0 bridgehead atoms. The highest BCUT2D eigenvalue weighted by Crippen LogP contribution is 2.19. The van der Waals surface area contributed by atoms with Gasteiger partial charge in [-0.05, 0) is 24.6 Å². The highest BCUT2D eigenvalue weighted by atomic mass is 16.5. The maximum Gasteiger partial charge on any atom is 0.326 e. The van der Waals surface area contributed by atoms with Crippen LogP contribution in [0.5, 0.6) is 5.75 Å². The Morgan fingerprint density at radius 1 is 1.21 bits per heavy atom. The van der Waals surface area contributed by atoms with Crippen LogP contribution in [0.1, 0.15) is 18.9 Å². The first-order valence-corrected chi connectivity index (χ1v) is 7.84. The van der Waals surface area contributed by atoms with Gasteiger partial charge >= 0.3 is 6.03 Å². The molecule has 7 heteroatoms. The molecule has 1 fully saturated rings. The van der Waals surface area contributed by atoms with Crippen molar-refractivity contribution in [1.82, 2.24) is 14.7 Å². The molecule has 0 aromatic heterocycles. The molecule has 0 saturated carbocycles. The molecule has 0 unspecified atom stereocenters. The SMILES string of the molecule is CCN(Cc1ccc(OC)cc1)C(=O)C[C@H]1C(=O)N(C)C(=O)N1C. The van der Waals surface area contributed by atoms with E-state index in [0.29, 0.717) is 13.1 Å². The molecular formula is C17H23N3O4. The third-order valence-electron chi connectivity index (χ3n) is 4.31. The summed E-state index contributed by atoms with van der Waals surface area (Å²) < 4.78 is 5.12. The first-order chi connectivity index (χ1) is 11.4. The molecule has 1 saturated heterocycles. The Balaban J connectivity index is 2.03. The van der Waals surface area contributed by atoms with Crippen molar-refractivity contribution in [3.8, 4) is 5.75 Å². The van der Waals surface area contributed by atoms with Gasteiger partial charge in [-0.2, -0.15) is 0 Å². The van der Waals surface area contributed by atoms with E-state index in [-0.39, 0.29) is 24.3 Å². The number of methoxy groups -OCH3 is 1. The van der Waals surface area contributed by atoms with E-state index < -0.39 is 6.04 Å². The van der Waals surface area contributed by atoms with E-state index in [9.17, 15) is 14.4 Å². The molecule has 1 heterocycles. The number of amides is 4. The van der Waals surface area contributed by atoms with Crippen molar-refractivity contribution in [1.29, 1.82) is 0 Å². The molecule has 1 aromatic rings. The fourth-order valence-corrected chi connectivity index (χ4v) is 2.70. The van der Waals surface area contributed by atoms with Crippen molar-refractivity contribution < 1.29 is 19.1 Å². The van der Waals surface area contributed by atoms with Crippen LogP contribution < -0.4 is 4.74 Å². The van der Waals surface area contributed by atoms with Crippen LogP contribution in [0.15, 0.2) is 24.3 Å². The predicted molar refractivity (Wildman–Crippen MR) is 88.4 cm³/mol. The van der Waals surface area contributed by atoms with Gasteiger partial charge in [-0.25, -0.2) is 4.79 Å². The number of imide groups is 1. The summed E-state index contributed by atoms with van der Waals surface area (Å²) in [4.78, 5) is 40.5. The van der Waals surface area contributed by atoms with Crippen molar-refractivity contribution in [2.75, 3.05) is 27.7 Å². The van der Waals surface area contributed by atoms with Crippen LogP contribution >= 0.6 is 0 Å². The summed E-state index contributed by atoms with van der Waals surface area (Å²) in [6, 6.07) is 6.39. The molecule has 4 amide bonds. The minimum atomic E-state index is -0.722. The standard InChI is InChI=1S/C17H23N3O4/c1-5-20(11-12-6-8-13(24-4)9-7-12)15(21)10-14-16(22)19(3)17(23)18(14)2/h6-9,14H,5,10-11H2,1-4H3/t14-/m0/s1. The summed E-state index contributed by atoms with van der Waals surface area (Å²) in [6.07, 6.45) is -0.00456. The van der Waals surface area contributed by atoms with Crippen molar-refractivity contribution in [2.24, 2.45) is 0 Å². The molecule has 1 aliphatic rings. The van der Waals surface area contributed by atoms with Crippen LogP contribution in [0.2, 0.25) is 0 Å². The molecular weight excluding hydrogens is 310 g/mol. The Kier molecular flexibility index (Phi) is 5.43. The number of likely N-dealkylation sites (N-methyl/N-ethyl adjacent to an activating group) is 2. The lowest BCUT2D eigenvalue weighted by molar-refractivity contribution is -0.136. The number of rotatable bonds is 6. The molecule has 7 nitrogen and oxygen atoms in total. The van der Waals surface area contributed by atoms with Crippen molar-refractivity contribution >= 4 is 17.8 Å². The van der Waals surface area contributed by atoms with Crippen LogP contribution in [0, 0.1) is 0 Å². The zero-order valence-corrected chi connectivity index (χ0v) is 14.5. The number of ether oxygens (including phenoxy) is 1. The monoisotopic (exact) mass is 333 g/mol. The number of urea groups is 1. The summed E-state index contributed by atoms with van der Waals surface area (Å²) in [5.74, 6) is 0.269. The lowest BCUT2D eigenvalue weighted by Gasteiger charge is -2.24. The molecule has 1 atom stereocenters. The molecule has 0 spiro atoms. The second-order valence-corrected chi connectivity index (χ2v) is 5.77. The minimum Gasteiger partial charge on any atom is -0.497 e. The van der Waals surface area contributed by atoms with E-state index >= 15 is 0 Å². The van der Waals surface area contributed by atoms with E-state index in [2.05, 4.69) is 0 Å². The Morgan fingerprint density at radius 3 is 2.29 bits per heavy atom. The molecule has 0 N–H and O–H groups in total. The van der Waals surface area contributed by atoms with Gasteiger partial charge in [-0.3, -0.25) is 14.5 Å².